The number of hydrogen-bond acceptors (Lipinski definition) is 4. The molecule has 0 aliphatic carbocycles. The molecule has 3 unspecified atom stereocenters. The number of carbonyl (C=O) groups excluding carboxylic acids is 1. The van der Waals surface area contributed by atoms with Crippen LogP contribution in [0.5, 0.6) is 0 Å². The molecule has 0 radical (unpaired) electrons. The monoisotopic (exact) mass is 199 g/mol. The van der Waals surface area contributed by atoms with E-state index in [4.69, 9.17) is 0 Å². The lowest BCUT2D eigenvalue weighted by atomic mass is 10.1. The number of fused-ring (bicyclic) bond motifs is 3. The minimum absolute atomic E-state index is 0.0492. The minimum Gasteiger partial charge on any atom is -0.348 e. The third-order valence-electron chi connectivity index (χ3n) is 3.00. The predicted octanol–water partition coefficient (Wildman–Crippen LogP) is -0.821. The first-order valence-corrected chi connectivity index (χ1v) is 5.82. The molecule has 0 aromatic heterocycles. The molecule has 0 saturated carbocycles. The summed E-state index contributed by atoms with van der Waals surface area (Å²) in [5.74, 6) is 1.35. The number of thioether (sulfide) groups is 1. The molecule has 0 aromatic rings. The maximum Gasteiger partial charge on any atom is 0.252 e. The van der Waals surface area contributed by atoms with Gasteiger partial charge < -0.3 is 5.32 Å². The SMILES string of the molecule is O=C1NC2CCSC2N2CCNC12. The molecule has 3 heterocycles. The van der Waals surface area contributed by atoms with Crippen LogP contribution < -0.4 is 10.6 Å². The fourth-order valence-electron chi connectivity index (χ4n) is 2.40. The van der Waals surface area contributed by atoms with E-state index in [0.29, 0.717) is 11.4 Å². The van der Waals surface area contributed by atoms with Gasteiger partial charge in [0.15, 0.2) is 0 Å². The largest absolute Gasteiger partial charge is 0.348 e. The van der Waals surface area contributed by atoms with Crippen LogP contribution in [0, 0.1) is 0 Å². The summed E-state index contributed by atoms with van der Waals surface area (Å²) in [6.07, 6.45) is 1.08. The first-order chi connectivity index (χ1) is 6.36. The molecule has 0 bridgehead atoms. The van der Waals surface area contributed by atoms with Gasteiger partial charge >= 0.3 is 0 Å². The van der Waals surface area contributed by atoms with E-state index in [1.807, 2.05) is 11.8 Å². The molecule has 72 valence electrons. The van der Waals surface area contributed by atoms with Crippen molar-refractivity contribution >= 4 is 17.7 Å². The number of hydrogen-bond donors (Lipinski definition) is 2. The Bertz CT molecular complexity index is 248. The van der Waals surface area contributed by atoms with Crippen molar-refractivity contribution in [3.8, 4) is 0 Å². The van der Waals surface area contributed by atoms with Crippen molar-refractivity contribution < 1.29 is 4.79 Å². The Kier molecular flexibility index (Phi) is 1.78. The van der Waals surface area contributed by atoms with Gasteiger partial charge in [0.2, 0.25) is 0 Å². The number of rotatable bonds is 0. The first kappa shape index (κ1) is 8.08. The van der Waals surface area contributed by atoms with Crippen LogP contribution >= 0.6 is 11.8 Å². The quantitative estimate of drug-likeness (QED) is 0.535. The molecule has 3 aliphatic rings. The van der Waals surface area contributed by atoms with E-state index in [-0.39, 0.29) is 12.1 Å². The second-order valence-electron chi connectivity index (χ2n) is 3.76. The lowest BCUT2D eigenvalue weighted by molar-refractivity contribution is -0.130. The van der Waals surface area contributed by atoms with Crippen molar-refractivity contribution in [1.29, 1.82) is 0 Å². The van der Waals surface area contributed by atoms with Crippen LogP contribution in [0.15, 0.2) is 0 Å². The Morgan fingerprint density at radius 1 is 1.54 bits per heavy atom. The maximum absolute atomic E-state index is 11.6. The van der Waals surface area contributed by atoms with Crippen molar-refractivity contribution in [2.24, 2.45) is 0 Å². The summed E-state index contributed by atoms with van der Waals surface area (Å²) >= 11 is 1.98. The Morgan fingerprint density at radius 3 is 3.38 bits per heavy atom. The molecule has 0 spiro atoms. The zero-order valence-corrected chi connectivity index (χ0v) is 8.14. The van der Waals surface area contributed by atoms with Gasteiger partial charge in [0.25, 0.3) is 5.91 Å². The van der Waals surface area contributed by atoms with Crippen LogP contribution in [0.4, 0.5) is 0 Å². The van der Waals surface area contributed by atoms with Gasteiger partial charge in [-0.2, -0.15) is 0 Å². The number of amides is 1. The molecule has 1 amide bonds. The van der Waals surface area contributed by atoms with Crippen LogP contribution in [-0.4, -0.2) is 47.2 Å². The molecule has 3 fully saturated rings. The molecule has 2 N–H and O–H groups in total. The number of piperazine rings is 1. The standard InChI is InChI=1S/C8H13N3OS/c12-7-6-9-2-3-11(6)8-5(10-7)1-4-13-8/h5-6,8-9H,1-4H2,(H,10,12). The highest BCUT2D eigenvalue weighted by Crippen LogP contribution is 2.34. The third-order valence-corrected chi connectivity index (χ3v) is 4.42. The average Bonchev–Trinajstić information content (AvgIpc) is 2.66. The first-order valence-electron chi connectivity index (χ1n) is 4.77. The van der Waals surface area contributed by atoms with Crippen molar-refractivity contribution in [2.45, 2.75) is 24.0 Å². The third kappa shape index (κ3) is 1.11. The smallest absolute Gasteiger partial charge is 0.252 e. The highest BCUT2D eigenvalue weighted by Gasteiger charge is 2.46. The van der Waals surface area contributed by atoms with E-state index in [9.17, 15) is 4.79 Å². The van der Waals surface area contributed by atoms with E-state index in [1.54, 1.807) is 0 Å². The van der Waals surface area contributed by atoms with Crippen molar-refractivity contribution in [3.63, 3.8) is 0 Å². The zero-order valence-electron chi connectivity index (χ0n) is 7.32. The van der Waals surface area contributed by atoms with E-state index in [2.05, 4.69) is 15.5 Å². The molecule has 13 heavy (non-hydrogen) atoms. The van der Waals surface area contributed by atoms with Gasteiger partial charge in [0.05, 0.1) is 11.4 Å². The number of carbonyl (C=O) groups is 1. The fraction of sp³-hybridized carbons (Fsp3) is 0.875. The topological polar surface area (TPSA) is 44.4 Å². The summed E-state index contributed by atoms with van der Waals surface area (Å²) in [6, 6.07) is 0.397. The van der Waals surface area contributed by atoms with Gasteiger partial charge in [-0.1, -0.05) is 0 Å². The van der Waals surface area contributed by atoms with Gasteiger partial charge in [-0.25, -0.2) is 0 Å². The highest BCUT2D eigenvalue weighted by atomic mass is 32.2. The predicted molar refractivity (Wildman–Crippen MR) is 51.3 cm³/mol. The summed E-state index contributed by atoms with van der Waals surface area (Å²) < 4.78 is 0. The van der Waals surface area contributed by atoms with Crippen LogP contribution in [-0.2, 0) is 4.79 Å². The van der Waals surface area contributed by atoms with Gasteiger partial charge in [-0.05, 0) is 12.2 Å². The summed E-state index contributed by atoms with van der Waals surface area (Å²) in [4.78, 5) is 13.9. The zero-order chi connectivity index (χ0) is 8.84. The van der Waals surface area contributed by atoms with E-state index in [0.717, 1.165) is 19.5 Å². The van der Waals surface area contributed by atoms with Gasteiger partial charge in [-0.15, -0.1) is 11.8 Å². The summed E-state index contributed by atoms with van der Waals surface area (Å²) in [6.45, 7) is 1.97. The van der Waals surface area contributed by atoms with Crippen LogP contribution in [0.2, 0.25) is 0 Å². The molecule has 5 heteroatoms. The lowest BCUT2D eigenvalue weighted by Crippen LogP contribution is -2.63. The Hall–Kier alpha value is -0.260. The molecule has 3 saturated heterocycles. The molecule has 3 aliphatic heterocycles. The number of nitrogens with one attached hydrogen (secondary N) is 2. The summed E-state index contributed by atoms with van der Waals surface area (Å²) in [7, 11) is 0. The molecule has 3 atom stereocenters. The summed E-state index contributed by atoms with van der Waals surface area (Å²) in [5, 5.41) is 6.83. The van der Waals surface area contributed by atoms with Crippen molar-refractivity contribution in [2.75, 3.05) is 18.8 Å². The molecular weight excluding hydrogens is 186 g/mol. The molecular formula is C8H13N3OS. The van der Waals surface area contributed by atoms with Crippen LogP contribution in [0.3, 0.4) is 0 Å². The van der Waals surface area contributed by atoms with Crippen molar-refractivity contribution in [3.05, 3.63) is 0 Å². The Balaban J connectivity index is 1.88. The number of nitrogens with zero attached hydrogens (tertiary/aromatic N) is 1. The lowest BCUT2D eigenvalue weighted by Gasteiger charge is -2.38. The maximum atomic E-state index is 11.6. The van der Waals surface area contributed by atoms with Gasteiger partial charge in [0.1, 0.15) is 6.17 Å². The van der Waals surface area contributed by atoms with Gasteiger partial charge in [-0.3, -0.25) is 15.0 Å². The normalized spacial score (nSPS) is 44.3. The Labute approximate surface area is 81.4 Å². The van der Waals surface area contributed by atoms with E-state index >= 15 is 0 Å². The molecule has 4 nitrogen and oxygen atoms in total. The minimum atomic E-state index is -0.0492. The molecule has 3 rings (SSSR count). The van der Waals surface area contributed by atoms with Crippen LogP contribution in [0.1, 0.15) is 6.42 Å². The highest BCUT2D eigenvalue weighted by molar-refractivity contribution is 8.00. The van der Waals surface area contributed by atoms with Gasteiger partial charge in [0, 0.05) is 13.1 Å². The van der Waals surface area contributed by atoms with Crippen LogP contribution in [0.25, 0.3) is 0 Å². The second kappa shape index (κ2) is 2.87. The average molecular weight is 199 g/mol. The molecule has 0 aromatic carbocycles. The van der Waals surface area contributed by atoms with Crippen molar-refractivity contribution in [1.82, 2.24) is 15.5 Å². The van der Waals surface area contributed by atoms with E-state index < -0.39 is 0 Å². The van der Waals surface area contributed by atoms with E-state index in [1.165, 1.54) is 5.75 Å². The Morgan fingerprint density at radius 2 is 2.46 bits per heavy atom. The second-order valence-corrected chi connectivity index (χ2v) is 4.98. The fourth-order valence-corrected chi connectivity index (χ4v) is 3.89. The summed E-state index contributed by atoms with van der Waals surface area (Å²) in [5.41, 5.74) is 0.